The van der Waals surface area contributed by atoms with Crippen molar-refractivity contribution in [2.75, 3.05) is 6.61 Å². The molecule has 5 nitrogen and oxygen atoms in total. The second kappa shape index (κ2) is 6.72. The van der Waals surface area contributed by atoms with Gasteiger partial charge in [0, 0.05) is 12.6 Å². The Morgan fingerprint density at radius 2 is 2.20 bits per heavy atom. The fourth-order valence-corrected chi connectivity index (χ4v) is 2.42. The Kier molecular flexibility index (Phi) is 4.98. The highest BCUT2D eigenvalue weighted by Gasteiger charge is 2.23. The second-order valence-electron chi connectivity index (χ2n) is 5.39. The first-order valence-electron chi connectivity index (χ1n) is 7.00. The van der Waals surface area contributed by atoms with Gasteiger partial charge in [-0.05, 0) is 43.9 Å². The van der Waals surface area contributed by atoms with Crippen LogP contribution >= 0.6 is 0 Å². The topological polar surface area (TPSA) is 84.6 Å². The van der Waals surface area contributed by atoms with Gasteiger partial charge in [-0.25, -0.2) is 0 Å². The summed E-state index contributed by atoms with van der Waals surface area (Å²) < 4.78 is 5.45. The van der Waals surface area contributed by atoms with Crippen molar-refractivity contribution in [3.05, 3.63) is 29.8 Å². The van der Waals surface area contributed by atoms with Crippen LogP contribution in [0.15, 0.2) is 24.3 Å². The van der Waals surface area contributed by atoms with Crippen molar-refractivity contribution in [2.45, 2.75) is 44.4 Å². The van der Waals surface area contributed by atoms with Crippen LogP contribution in [0.1, 0.15) is 25.3 Å². The van der Waals surface area contributed by atoms with E-state index in [9.17, 15) is 9.90 Å². The molecule has 0 aliphatic carbocycles. The van der Waals surface area contributed by atoms with Gasteiger partial charge < -0.3 is 20.9 Å². The summed E-state index contributed by atoms with van der Waals surface area (Å²) >= 11 is 0. The summed E-state index contributed by atoms with van der Waals surface area (Å²) in [5.41, 5.74) is 6.87. The van der Waals surface area contributed by atoms with Crippen molar-refractivity contribution in [2.24, 2.45) is 5.73 Å². The normalized spacial score (nSPS) is 24.1. The highest BCUT2D eigenvalue weighted by molar-refractivity contribution is 5.82. The number of hydrogen-bond donors (Lipinski definition) is 3. The Morgan fingerprint density at radius 1 is 1.50 bits per heavy atom. The molecular formula is C15H22N2O3. The molecule has 0 radical (unpaired) electrons. The minimum absolute atomic E-state index is 0.128. The average molecular weight is 278 g/mol. The first-order valence-corrected chi connectivity index (χ1v) is 7.00. The van der Waals surface area contributed by atoms with Crippen molar-refractivity contribution < 1.29 is 14.6 Å². The molecule has 1 amide bonds. The Labute approximate surface area is 119 Å². The molecule has 1 aliphatic heterocycles. The van der Waals surface area contributed by atoms with Crippen LogP contribution < -0.4 is 11.1 Å². The van der Waals surface area contributed by atoms with E-state index in [-0.39, 0.29) is 23.8 Å². The Hall–Kier alpha value is -1.59. The van der Waals surface area contributed by atoms with Gasteiger partial charge in [-0.1, -0.05) is 12.1 Å². The maximum absolute atomic E-state index is 12.1. The largest absolute Gasteiger partial charge is 0.508 e. The number of carbonyl (C=O) groups is 1. The van der Waals surface area contributed by atoms with Gasteiger partial charge in [0.2, 0.25) is 5.91 Å². The molecule has 1 aliphatic rings. The van der Waals surface area contributed by atoms with E-state index < -0.39 is 6.04 Å². The molecule has 1 fully saturated rings. The van der Waals surface area contributed by atoms with Gasteiger partial charge in [0.15, 0.2) is 0 Å². The lowest BCUT2D eigenvalue weighted by Gasteiger charge is -2.28. The van der Waals surface area contributed by atoms with E-state index in [2.05, 4.69) is 5.32 Å². The molecule has 110 valence electrons. The van der Waals surface area contributed by atoms with E-state index >= 15 is 0 Å². The minimum atomic E-state index is -0.572. The summed E-state index contributed by atoms with van der Waals surface area (Å²) in [4.78, 5) is 12.1. The van der Waals surface area contributed by atoms with Crippen LogP contribution in [-0.4, -0.2) is 35.8 Å². The lowest BCUT2D eigenvalue weighted by molar-refractivity contribution is -0.124. The summed E-state index contributed by atoms with van der Waals surface area (Å²) in [6.07, 6.45) is 2.31. The van der Waals surface area contributed by atoms with Crippen molar-refractivity contribution >= 4 is 5.91 Å². The smallest absolute Gasteiger partial charge is 0.237 e. The lowest BCUT2D eigenvalue weighted by atomic mass is 10.0. The molecule has 0 saturated carbocycles. The van der Waals surface area contributed by atoms with Crippen LogP contribution in [0.2, 0.25) is 0 Å². The average Bonchev–Trinajstić information content (AvgIpc) is 2.41. The van der Waals surface area contributed by atoms with Gasteiger partial charge in [-0.15, -0.1) is 0 Å². The van der Waals surface area contributed by atoms with E-state index in [1.165, 1.54) is 0 Å². The van der Waals surface area contributed by atoms with Crippen molar-refractivity contribution in [1.29, 1.82) is 0 Å². The number of amides is 1. The molecule has 2 rings (SSSR count). The molecule has 0 spiro atoms. The van der Waals surface area contributed by atoms with E-state index in [0.29, 0.717) is 13.0 Å². The van der Waals surface area contributed by atoms with Crippen LogP contribution in [0.25, 0.3) is 0 Å². The molecule has 1 aromatic rings. The van der Waals surface area contributed by atoms with Gasteiger partial charge in [0.25, 0.3) is 0 Å². The molecule has 20 heavy (non-hydrogen) atoms. The zero-order valence-electron chi connectivity index (χ0n) is 11.7. The first kappa shape index (κ1) is 14.8. The molecule has 0 aromatic heterocycles. The van der Waals surface area contributed by atoms with Crippen LogP contribution in [-0.2, 0) is 16.0 Å². The first-order chi connectivity index (χ1) is 9.54. The number of ether oxygens (including phenoxy) is 1. The Morgan fingerprint density at radius 3 is 2.85 bits per heavy atom. The molecule has 4 N–H and O–H groups in total. The van der Waals surface area contributed by atoms with Crippen LogP contribution in [0, 0.1) is 0 Å². The molecule has 0 bridgehead atoms. The lowest BCUT2D eigenvalue weighted by Crippen LogP contribution is -2.48. The number of rotatable bonds is 4. The highest BCUT2D eigenvalue weighted by Crippen LogP contribution is 2.14. The number of benzene rings is 1. The molecule has 2 unspecified atom stereocenters. The number of phenols is 1. The van der Waals surface area contributed by atoms with E-state index in [1.54, 1.807) is 24.3 Å². The molecule has 1 aromatic carbocycles. The summed E-state index contributed by atoms with van der Waals surface area (Å²) in [6, 6.07) is 6.33. The third-order valence-corrected chi connectivity index (χ3v) is 3.56. The highest BCUT2D eigenvalue weighted by atomic mass is 16.5. The number of carbonyl (C=O) groups excluding carboxylic acids is 1. The summed E-state index contributed by atoms with van der Waals surface area (Å²) in [6.45, 7) is 2.69. The monoisotopic (exact) mass is 278 g/mol. The maximum atomic E-state index is 12.1. The van der Waals surface area contributed by atoms with Gasteiger partial charge in [0.05, 0.1) is 12.1 Å². The fourth-order valence-electron chi connectivity index (χ4n) is 2.42. The standard InChI is InChI=1S/C15H22N2O3/c1-10-8-12(6-7-20-10)17-15(19)14(16)9-11-2-4-13(18)5-3-11/h2-5,10,12,14,18H,6-9,16H2,1H3,(H,17,19)/t10?,12?,14-/m0/s1. The summed E-state index contributed by atoms with van der Waals surface area (Å²) in [5, 5.41) is 12.2. The van der Waals surface area contributed by atoms with Crippen LogP contribution in [0.3, 0.4) is 0 Å². The summed E-state index contributed by atoms with van der Waals surface area (Å²) in [5.74, 6) is 0.0835. The fraction of sp³-hybridized carbons (Fsp3) is 0.533. The van der Waals surface area contributed by atoms with E-state index in [0.717, 1.165) is 18.4 Å². The third kappa shape index (κ3) is 4.21. The third-order valence-electron chi connectivity index (χ3n) is 3.56. The number of hydrogen-bond acceptors (Lipinski definition) is 4. The second-order valence-corrected chi connectivity index (χ2v) is 5.39. The zero-order chi connectivity index (χ0) is 14.5. The van der Waals surface area contributed by atoms with Gasteiger partial charge in [-0.2, -0.15) is 0 Å². The molecule has 1 saturated heterocycles. The van der Waals surface area contributed by atoms with Crippen molar-refractivity contribution in [3.63, 3.8) is 0 Å². The van der Waals surface area contributed by atoms with Gasteiger partial charge in [0.1, 0.15) is 5.75 Å². The zero-order valence-corrected chi connectivity index (χ0v) is 11.7. The molecule has 1 heterocycles. The van der Waals surface area contributed by atoms with E-state index in [1.807, 2.05) is 6.92 Å². The number of phenolic OH excluding ortho intramolecular Hbond substituents is 1. The summed E-state index contributed by atoms with van der Waals surface area (Å²) in [7, 11) is 0. The predicted molar refractivity (Wildman–Crippen MR) is 76.4 cm³/mol. The predicted octanol–water partition coefficient (Wildman–Crippen LogP) is 0.946. The Balaban J connectivity index is 1.83. The van der Waals surface area contributed by atoms with Crippen LogP contribution in [0.5, 0.6) is 5.75 Å². The minimum Gasteiger partial charge on any atom is -0.508 e. The quantitative estimate of drug-likeness (QED) is 0.765. The maximum Gasteiger partial charge on any atom is 0.237 e. The molecule has 3 atom stereocenters. The number of aromatic hydroxyl groups is 1. The SMILES string of the molecule is CC1CC(NC(=O)[C@@H](N)Cc2ccc(O)cc2)CCO1. The van der Waals surface area contributed by atoms with E-state index in [4.69, 9.17) is 10.5 Å². The van der Waals surface area contributed by atoms with Gasteiger partial charge in [-0.3, -0.25) is 4.79 Å². The van der Waals surface area contributed by atoms with Crippen LogP contribution in [0.4, 0.5) is 0 Å². The van der Waals surface area contributed by atoms with Crippen molar-refractivity contribution in [1.82, 2.24) is 5.32 Å². The molecular weight excluding hydrogens is 256 g/mol. The molecule has 5 heteroatoms. The Bertz CT molecular complexity index is 447. The number of nitrogens with one attached hydrogen (secondary N) is 1. The van der Waals surface area contributed by atoms with Gasteiger partial charge >= 0.3 is 0 Å². The van der Waals surface area contributed by atoms with Crippen molar-refractivity contribution in [3.8, 4) is 5.75 Å². The number of nitrogens with two attached hydrogens (primary N) is 1.